The first-order valence-electron chi connectivity index (χ1n) is 10.7. The van der Waals surface area contributed by atoms with Crippen LogP contribution < -0.4 is 0 Å². The fourth-order valence-electron chi connectivity index (χ4n) is 3.29. The van der Waals surface area contributed by atoms with E-state index < -0.39 is 5.97 Å². The van der Waals surface area contributed by atoms with Gasteiger partial charge < -0.3 is 10.0 Å². The molecule has 0 atom stereocenters. The third-order valence-corrected chi connectivity index (χ3v) is 4.74. The SMILES string of the molecule is CC(=O)O.CCCCCCCCCCC=C1CCCCN1CCCC. The Kier molecular flexibility index (Phi) is 17.1. The van der Waals surface area contributed by atoms with Crippen molar-refractivity contribution in [2.75, 3.05) is 13.1 Å². The summed E-state index contributed by atoms with van der Waals surface area (Å²) >= 11 is 0. The molecule has 0 aliphatic carbocycles. The molecular weight excluding hydrogens is 310 g/mol. The summed E-state index contributed by atoms with van der Waals surface area (Å²) in [5.41, 5.74) is 1.66. The largest absolute Gasteiger partial charge is 0.481 e. The average molecular weight is 354 g/mol. The van der Waals surface area contributed by atoms with Crippen LogP contribution >= 0.6 is 0 Å². The molecule has 1 N–H and O–H groups in total. The monoisotopic (exact) mass is 353 g/mol. The number of carboxylic acids is 1. The molecule has 1 heterocycles. The van der Waals surface area contributed by atoms with E-state index in [9.17, 15) is 0 Å². The van der Waals surface area contributed by atoms with E-state index in [-0.39, 0.29) is 0 Å². The molecule has 25 heavy (non-hydrogen) atoms. The summed E-state index contributed by atoms with van der Waals surface area (Å²) in [5.74, 6) is -0.833. The molecule has 1 aliphatic heterocycles. The number of carbonyl (C=O) groups is 1. The number of nitrogens with zero attached hydrogens (tertiary/aromatic N) is 1. The first kappa shape index (κ1) is 24.0. The average Bonchev–Trinajstić information content (AvgIpc) is 2.59. The predicted molar refractivity (Wildman–Crippen MR) is 109 cm³/mol. The van der Waals surface area contributed by atoms with Gasteiger partial charge in [-0.15, -0.1) is 0 Å². The van der Waals surface area contributed by atoms with Crippen LogP contribution in [-0.4, -0.2) is 29.1 Å². The molecule has 0 aromatic rings. The number of piperidine rings is 1. The molecule has 0 amide bonds. The van der Waals surface area contributed by atoms with Crippen LogP contribution in [0.5, 0.6) is 0 Å². The zero-order chi connectivity index (χ0) is 18.8. The lowest BCUT2D eigenvalue weighted by molar-refractivity contribution is -0.134. The van der Waals surface area contributed by atoms with Gasteiger partial charge in [0.05, 0.1) is 0 Å². The van der Waals surface area contributed by atoms with Crippen LogP contribution in [0.1, 0.15) is 111 Å². The molecule has 0 aromatic carbocycles. The lowest BCUT2D eigenvalue weighted by Gasteiger charge is -2.32. The van der Waals surface area contributed by atoms with Gasteiger partial charge in [0.1, 0.15) is 0 Å². The molecule has 148 valence electrons. The molecule has 1 rings (SSSR count). The maximum Gasteiger partial charge on any atom is 0.300 e. The van der Waals surface area contributed by atoms with Crippen LogP contribution in [0.4, 0.5) is 0 Å². The summed E-state index contributed by atoms with van der Waals surface area (Å²) < 4.78 is 0. The van der Waals surface area contributed by atoms with Crippen molar-refractivity contribution in [2.45, 2.75) is 111 Å². The minimum absolute atomic E-state index is 0.833. The molecule has 0 spiro atoms. The van der Waals surface area contributed by atoms with Crippen molar-refractivity contribution in [3.05, 3.63) is 11.8 Å². The van der Waals surface area contributed by atoms with Crippen molar-refractivity contribution in [1.82, 2.24) is 4.90 Å². The Morgan fingerprint density at radius 2 is 1.52 bits per heavy atom. The summed E-state index contributed by atoms with van der Waals surface area (Å²) in [6.07, 6.45) is 22.1. The van der Waals surface area contributed by atoms with Gasteiger partial charge in [-0.1, -0.05) is 71.3 Å². The molecule has 0 unspecified atom stereocenters. The topological polar surface area (TPSA) is 40.5 Å². The normalized spacial score (nSPS) is 15.8. The summed E-state index contributed by atoms with van der Waals surface area (Å²) in [5, 5.41) is 7.42. The van der Waals surface area contributed by atoms with E-state index in [1.165, 1.54) is 103 Å². The van der Waals surface area contributed by atoms with Crippen molar-refractivity contribution in [3.63, 3.8) is 0 Å². The molecule has 0 bridgehead atoms. The number of rotatable bonds is 12. The van der Waals surface area contributed by atoms with Gasteiger partial charge in [0.15, 0.2) is 0 Å². The van der Waals surface area contributed by atoms with E-state index in [0.717, 1.165) is 6.92 Å². The Morgan fingerprint density at radius 1 is 0.960 bits per heavy atom. The molecule has 1 aliphatic rings. The zero-order valence-electron chi connectivity index (χ0n) is 17.2. The lowest BCUT2D eigenvalue weighted by Crippen LogP contribution is -2.28. The highest BCUT2D eigenvalue weighted by Crippen LogP contribution is 2.22. The highest BCUT2D eigenvalue weighted by atomic mass is 16.4. The van der Waals surface area contributed by atoms with Gasteiger partial charge in [0.2, 0.25) is 0 Å². The first-order chi connectivity index (χ1) is 12.1. The van der Waals surface area contributed by atoms with E-state index in [4.69, 9.17) is 9.90 Å². The summed E-state index contributed by atoms with van der Waals surface area (Å²) in [4.78, 5) is 11.7. The summed E-state index contributed by atoms with van der Waals surface area (Å²) in [6, 6.07) is 0. The number of likely N-dealkylation sites (tertiary alicyclic amines) is 1. The molecule has 3 heteroatoms. The van der Waals surface area contributed by atoms with Gasteiger partial charge in [0.25, 0.3) is 5.97 Å². The zero-order valence-corrected chi connectivity index (χ0v) is 17.2. The molecule has 3 nitrogen and oxygen atoms in total. The van der Waals surface area contributed by atoms with Crippen molar-refractivity contribution < 1.29 is 9.90 Å². The van der Waals surface area contributed by atoms with Gasteiger partial charge in [-0.3, -0.25) is 4.79 Å². The van der Waals surface area contributed by atoms with E-state index in [0.29, 0.717) is 0 Å². The fraction of sp³-hybridized carbons (Fsp3) is 0.864. The third-order valence-electron chi connectivity index (χ3n) is 4.74. The molecule has 0 radical (unpaired) electrons. The first-order valence-corrected chi connectivity index (χ1v) is 10.7. The summed E-state index contributed by atoms with van der Waals surface area (Å²) in [7, 11) is 0. The standard InChI is InChI=1S/C20H39N.C2H4O2/c1-3-5-7-8-9-10-11-12-13-16-20-17-14-15-19-21(20)18-6-4-2;1-2(3)4/h16H,3-15,17-19H2,1-2H3;1H3,(H,3,4). The van der Waals surface area contributed by atoms with E-state index in [1.807, 2.05) is 0 Å². The van der Waals surface area contributed by atoms with Crippen molar-refractivity contribution in [2.24, 2.45) is 0 Å². The molecule has 0 saturated carbocycles. The molecule has 0 aromatic heterocycles. The number of hydrogen-bond acceptors (Lipinski definition) is 2. The van der Waals surface area contributed by atoms with Crippen LogP contribution in [0, 0.1) is 0 Å². The van der Waals surface area contributed by atoms with E-state index in [2.05, 4.69) is 24.8 Å². The Hall–Kier alpha value is -0.990. The quantitative estimate of drug-likeness (QED) is 0.393. The Balaban J connectivity index is 0.00000129. The minimum Gasteiger partial charge on any atom is -0.481 e. The van der Waals surface area contributed by atoms with Gasteiger partial charge in [-0.2, -0.15) is 0 Å². The summed E-state index contributed by atoms with van der Waals surface area (Å²) in [6.45, 7) is 8.28. The maximum absolute atomic E-state index is 9.00. The van der Waals surface area contributed by atoms with Gasteiger partial charge in [-0.25, -0.2) is 0 Å². The molecule has 1 saturated heterocycles. The third kappa shape index (κ3) is 16.2. The number of unbranched alkanes of at least 4 members (excludes halogenated alkanes) is 9. The second-order valence-corrected chi connectivity index (χ2v) is 7.28. The number of hydrogen-bond donors (Lipinski definition) is 1. The van der Waals surface area contributed by atoms with E-state index >= 15 is 0 Å². The number of aliphatic carboxylic acids is 1. The van der Waals surface area contributed by atoms with Gasteiger partial charge >= 0.3 is 0 Å². The maximum atomic E-state index is 9.00. The highest BCUT2D eigenvalue weighted by Gasteiger charge is 2.13. The highest BCUT2D eigenvalue weighted by molar-refractivity contribution is 5.62. The van der Waals surface area contributed by atoms with Crippen LogP contribution in [-0.2, 0) is 4.79 Å². The number of allylic oxidation sites excluding steroid dienone is 2. The minimum atomic E-state index is -0.833. The number of carboxylic acid groups (broad SMARTS) is 1. The van der Waals surface area contributed by atoms with Crippen LogP contribution in [0.25, 0.3) is 0 Å². The Bertz CT molecular complexity index is 335. The Labute approximate surface area is 156 Å². The smallest absolute Gasteiger partial charge is 0.300 e. The fourth-order valence-corrected chi connectivity index (χ4v) is 3.29. The second kappa shape index (κ2) is 17.8. The van der Waals surface area contributed by atoms with Crippen LogP contribution in [0.3, 0.4) is 0 Å². The van der Waals surface area contributed by atoms with E-state index in [1.54, 1.807) is 5.70 Å². The molecule has 1 fully saturated rings. The Morgan fingerprint density at radius 3 is 2.12 bits per heavy atom. The van der Waals surface area contributed by atoms with Crippen LogP contribution in [0.15, 0.2) is 11.8 Å². The van der Waals surface area contributed by atoms with Crippen molar-refractivity contribution >= 4 is 5.97 Å². The van der Waals surface area contributed by atoms with Crippen LogP contribution in [0.2, 0.25) is 0 Å². The molecular formula is C22H43NO2. The van der Waals surface area contributed by atoms with Crippen molar-refractivity contribution in [3.8, 4) is 0 Å². The predicted octanol–water partition coefficient (Wildman–Crippen LogP) is 6.78. The van der Waals surface area contributed by atoms with Gasteiger partial charge in [-0.05, 0) is 38.5 Å². The second-order valence-electron chi connectivity index (χ2n) is 7.28. The lowest BCUT2D eigenvalue weighted by atomic mass is 10.0. The van der Waals surface area contributed by atoms with Gasteiger partial charge in [0, 0.05) is 25.7 Å². The van der Waals surface area contributed by atoms with Crippen molar-refractivity contribution in [1.29, 1.82) is 0 Å².